The van der Waals surface area contributed by atoms with E-state index >= 15 is 0 Å². The number of rotatable bonds is 8. The van der Waals surface area contributed by atoms with Crippen molar-refractivity contribution in [1.29, 1.82) is 0 Å². The van der Waals surface area contributed by atoms with Crippen LogP contribution >= 0.6 is 0 Å². The lowest BCUT2D eigenvalue weighted by atomic mass is 9.88. The number of fused-ring (bicyclic) bond motifs is 3. The molecule has 0 bridgehead atoms. The molecular formula is C32H32F5N3O2. The number of nitrogens with zero attached hydrogens (tertiary/aromatic N) is 1. The first-order valence-electron chi connectivity index (χ1n) is 14.2. The molecule has 1 heterocycles. The Kier molecular flexibility index (Phi) is 8.52. The zero-order valence-electron chi connectivity index (χ0n) is 23.2. The smallest absolute Gasteiger partial charge is 0.371 e. The van der Waals surface area contributed by atoms with E-state index < -0.39 is 42.1 Å². The van der Waals surface area contributed by atoms with E-state index in [0.717, 1.165) is 59.0 Å². The van der Waals surface area contributed by atoms with Gasteiger partial charge >= 0.3 is 6.18 Å². The molecule has 0 spiro atoms. The van der Waals surface area contributed by atoms with Gasteiger partial charge in [-0.15, -0.1) is 0 Å². The number of alkyl halides is 3. The van der Waals surface area contributed by atoms with Crippen LogP contribution in [-0.4, -0.2) is 43.7 Å². The van der Waals surface area contributed by atoms with E-state index in [1.807, 2.05) is 24.3 Å². The number of hydrogen-bond donors (Lipinski definition) is 2. The fourth-order valence-electron chi connectivity index (χ4n) is 6.04. The molecule has 2 N–H and O–H groups in total. The first-order chi connectivity index (χ1) is 20.1. The molecule has 1 saturated heterocycles. The molecule has 1 fully saturated rings. The number of halogens is 5. The summed E-state index contributed by atoms with van der Waals surface area (Å²) in [5.41, 5.74) is 4.66. The highest BCUT2D eigenvalue weighted by molar-refractivity contribution is 5.98. The summed E-state index contributed by atoms with van der Waals surface area (Å²) in [6.45, 7) is 1.78. The van der Waals surface area contributed by atoms with Gasteiger partial charge in [0.05, 0.1) is 11.5 Å². The van der Waals surface area contributed by atoms with Gasteiger partial charge in [0.1, 0.15) is 18.2 Å². The third-order valence-electron chi connectivity index (χ3n) is 8.03. The van der Waals surface area contributed by atoms with Gasteiger partial charge in [-0.25, -0.2) is 8.78 Å². The molecule has 0 saturated carbocycles. The zero-order valence-corrected chi connectivity index (χ0v) is 23.2. The van der Waals surface area contributed by atoms with Gasteiger partial charge in [0.25, 0.3) is 5.91 Å². The molecule has 1 atom stereocenters. The molecule has 5 nitrogen and oxygen atoms in total. The number of nitrogens with one attached hydrogen (secondary N) is 2. The van der Waals surface area contributed by atoms with E-state index in [4.69, 9.17) is 0 Å². The Bertz CT molecular complexity index is 1480. The number of carbonyl (C=O) groups excluding carboxylic acids is 2. The molecule has 42 heavy (non-hydrogen) atoms. The predicted octanol–water partition coefficient (Wildman–Crippen LogP) is 6.50. The van der Waals surface area contributed by atoms with Gasteiger partial charge in [-0.3, -0.25) is 9.59 Å². The lowest BCUT2D eigenvalue weighted by Gasteiger charge is -2.36. The summed E-state index contributed by atoms with van der Waals surface area (Å²) in [5.74, 6) is -3.69. The summed E-state index contributed by atoms with van der Waals surface area (Å²) < 4.78 is 66.7. The summed E-state index contributed by atoms with van der Waals surface area (Å²) in [4.78, 5) is 28.1. The van der Waals surface area contributed by atoms with Crippen LogP contribution in [0.15, 0.2) is 54.6 Å². The number of carbonyl (C=O) groups is 2. The second kappa shape index (κ2) is 12.1. The van der Waals surface area contributed by atoms with Crippen molar-refractivity contribution in [1.82, 2.24) is 10.6 Å². The quantitative estimate of drug-likeness (QED) is 0.297. The molecular weight excluding hydrogens is 553 g/mol. The number of amides is 2. The molecule has 2 amide bonds. The van der Waals surface area contributed by atoms with E-state index in [1.54, 1.807) is 12.1 Å². The predicted molar refractivity (Wildman–Crippen MR) is 150 cm³/mol. The largest absolute Gasteiger partial charge is 0.405 e. The standard InChI is InChI=1S/C32H32F5N3O2/c1-2-3-6-24-27(40-15-13-20(14-16-40)39-30(41)25-17-19(33)9-11-26(25)34)12-10-23-21-7-4-5-8-22(21)29(28(23)24)31(42)38-18-32(35,36)37/h4-5,7-12,17,20,29H,2-3,6,13-16,18H2,1H3,(H,38,42)(H,39,41). The maximum Gasteiger partial charge on any atom is 0.405 e. The average molecular weight is 586 g/mol. The number of hydrogen-bond acceptors (Lipinski definition) is 3. The Labute approximate surface area is 241 Å². The average Bonchev–Trinajstić information content (AvgIpc) is 3.30. The summed E-state index contributed by atoms with van der Waals surface area (Å²) in [6.07, 6.45) is -1.02. The van der Waals surface area contributed by atoms with Crippen molar-refractivity contribution in [2.24, 2.45) is 0 Å². The van der Waals surface area contributed by atoms with E-state index in [1.165, 1.54) is 0 Å². The highest BCUT2D eigenvalue weighted by atomic mass is 19.4. The molecule has 1 unspecified atom stereocenters. The van der Waals surface area contributed by atoms with Crippen LogP contribution in [0.3, 0.4) is 0 Å². The number of benzene rings is 3. The van der Waals surface area contributed by atoms with Crippen LogP contribution in [-0.2, 0) is 11.2 Å². The van der Waals surface area contributed by atoms with Gasteiger partial charge in [0.15, 0.2) is 0 Å². The Morgan fingerprint density at radius 2 is 1.71 bits per heavy atom. The van der Waals surface area contributed by atoms with Crippen molar-refractivity contribution < 1.29 is 31.5 Å². The summed E-state index contributed by atoms with van der Waals surface area (Å²) in [6, 6.07) is 13.8. The molecule has 3 aromatic rings. The number of unbranched alkanes of at least 4 members (excludes halogenated alkanes) is 1. The second-order valence-electron chi connectivity index (χ2n) is 10.8. The third-order valence-corrected chi connectivity index (χ3v) is 8.03. The van der Waals surface area contributed by atoms with Crippen LogP contribution in [0.5, 0.6) is 0 Å². The monoisotopic (exact) mass is 585 g/mol. The first-order valence-corrected chi connectivity index (χ1v) is 14.2. The molecule has 3 aromatic carbocycles. The molecule has 1 aliphatic carbocycles. The molecule has 2 aliphatic rings. The molecule has 10 heteroatoms. The van der Waals surface area contributed by atoms with Gasteiger partial charge in [-0.05, 0) is 77.8 Å². The number of piperidine rings is 1. The topological polar surface area (TPSA) is 61.4 Å². The van der Waals surface area contributed by atoms with E-state index in [2.05, 4.69) is 22.5 Å². The van der Waals surface area contributed by atoms with Crippen molar-refractivity contribution in [3.05, 3.63) is 88.5 Å². The van der Waals surface area contributed by atoms with Crippen molar-refractivity contribution >= 4 is 17.5 Å². The van der Waals surface area contributed by atoms with Gasteiger partial charge in [0.2, 0.25) is 5.91 Å². The lowest BCUT2D eigenvalue weighted by Crippen LogP contribution is -2.45. The summed E-state index contributed by atoms with van der Waals surface area (Å²) >= 11 is 0. The van der Waals surface area contributed by atoms with Gasteiger partial charge in [0, 0.05) is 24.8 Å². The fraction of sp³-hybridized carbons (Fsp3) is 0.375. The van der Waals surface area contributed by atoms with Crippen LogP contribution < -0.4 is 15.5 Å². The Morgan fingerprint density at radius 1 is 0.976 bits per heavy atom. The molecule has 222 valence electrons. The van der Waals surface area contributed by atoms with Crippen LogP contribution in [0, 0.1) is 11.6 Å². The van der Waals surface area contributed by atoms with E-state index in [0.29, 0.717) is 37.9 Å². The van der Waals surface area contributed by atoms with Crippen LogP contribution in [0.1, 0.15) is 65.6 Å². The third kappa shape index (κ3) is 6.12. The van der Waals surface area contributed by atoms with Crippen molar-refractivity contribution in [2.75, 3.05) is 24.5 Å². The highest BCUT2D eigenvalue weighted by Crippen LogP contribution is 2.49. The molecule has 0 aromatic heterocycles. The van der Waals surface area contributed by atoms with E-state index in [9.17, 15) is 31.5 Å². The minimum Gasteiger partial charge on any atom is -0.371 e. The molecule has 5 rings (SSSR count). The zero-order chi connectivity index (χ0) is 30.0. The fourth-order valence-corrected chi connectivity index (χ4v) is 6.04. The normalized spacial score (nSPS) is 16.6. The number of anilines is 1. The van der Waals surface area contributed by atoms with Crippen LogP contribution in [0.4, 0.5) is 27.6 Å². The van der Waals surface area contributed by atoms with Crippen molar-refractivity contribution in [3.63, 3.8) is 0 Å². The van der Waals surface area contributed by atoms with Crippen molar-refractivity contribution in [3.8, 4) is 11.1 Å². The summed E-state index contributed by atoms with van der Waals surface area (Å²) in [5, 5.41) is 4.91. The van der Waals surface area contributed by atoms with Crippen molar-refractivity contribution in [2.45, 2.75) is 57.2 Å². The SMILES string of the molecule is CCCCc1c(N2CCC(NC(=O)c3cc(F)ccc3F)CC2)ccc2c1C(C(=O)NCC(F)(F)F)c1ccccc1-2. The van der Waals surface area contributed by atoms with Gasteiger partial charge in [-0.2, -0.15) is 13.2 Å². The maximum atomic E-state index is 14.1. The molecule has 1 aliphatic heterocycles. The summed E-state index contributed by atoms with van der Waals surface area (Å²) in [7, 11) is 0. The lowest BCUT2D eigenvalue weighted by molar-refractivity contribution is -0.138. The highest BCUT2D eigenvalue weighted by Gasteiger charge is 2.39. The maximum absolute atomic E-state index is 14.1. The first kappa shape index (κ1) is 29.5. The van der Waals surface area contributed by atoms with Gasteiger partial charge < -0.3 is 15.5 Å². The Balaban J connectivity index is 1.41. The Hall–Kier alpha value is -3.95. The minimum absolute atomic E-state index is 0.241. The second-order valence-corrected chi connectivity index (χ2v) is 10.8. The van der Waals surface area contributed by atoms with Crippen LogP contribution in [0.2, 0.25) is 0 Å². The van der Waals surface area contributed by atoms with E-state index in [-0.39, 0.29) is 11.6 Å². The Morgan fingerprint density at radius 3 is 2.43 bits per heavy atom. The molecule has 0 radical (unpaired) electrons. The van der Waals surface area contributed by atoms with Gasteiger partial charge in [-0.1, -0.05) is 43.7 Å². The van der Waals surface area contributed by atoms with Crippen LogP contribution in [0.25, 0.3) is 11.1 Å². The minimum atomic E-state index is -4.52.